The first-order valence-corrected chi connectivity index (χ1v) is 7.28. The van der Waals surface area contributed by atoms with Crippen molar-refractivity contribution in [3.05, 3.63) is 22.8 Å². The minimum Gasteiger partial charge on any atom is -0.374 e. The Hall–Kier alpha value is -1.00. The first-order valence-electron chi connectivity index (χ1n) is 7.28. The second kappa shape index (κ2) is 6.64. The van der Waals surface area contributed by atoms with Crippen LogP contribution in [0.3, 0.4) is 0 Å². The van der Waals surface area contributed by atoms with Crippen LogP contribution in [0, 0.1) is 13.8 Å². The summed E-state index contributed by atoms with van der Waals surface area (Å²) in [6.45, 7) is 15.8. The molecule has 0 aliphatic heterocycles. The zero-order chi connectivity index (χ0) is 15.5. The third-order valence-corrected chi connectivity index (χ3v) is 3.49. The molecule has 20 heavy (non-hydrogen) atoms. The molecule has 2 unspecified atom stereocenters. The molecule has 4 heteroatoms. The fourth-order valence-corrected chi connectivity index (χ4v) is 2.31. The molecule has 2 atom stereocenters. The van der Waals surface area contributed by atoms with Crippen LogP contribution in [0.1, 0.15) is 69.4 Å². The SMILES string of the molecule is COC(C)c1nc(C)c(C(C)CNC(C)(C)C)c(C)n1. The van der Waals surface area contributed by atoms with Gasteiger partial charge in [-0.15, -0.1) is 0 Å². The van der Waals surface area contributed by atoms with Gasteiger partial charge in [0.1, 0.15) is 6.10 Å². The summed E-state index contributed by atoms with van der Waals surface area (Å²) >= 11 is 0. The Kier molecular flexibility index (Phi) is 5.66. The van der Waals surface area contributed by atoms with E-state index in [4.69, 9.17) is 4.74 Å². The van der Waals surface area contributed by atoms with Gasteiger partial charge in [-0.05, 0) is 53.0 Å². The maximum Gasteiger partial charge on any atom is 0.157 e. The van der Waals surface area contributed by atoms with E-state index < -0.39 is 0 Å². The molecule has 0 aliphatic rings. The van der Waals surface area contributed by atoms with Gasteiger partial charge >= 0.3 is 0 Å². The maximum absolute atomic E-state index is 5.30. The molecule has 1 aromatic heterocycles. The van der Waals surface area contributed by atoms with Crippen LogP contribution in [0.5, 0.6) is 0 Å². The van der Waals surface area contributed by atoms with E-state index in [9.17, 15) is 0 Å². The predicted molar refractivity (Wildman–Crippen MR) is 83.1 cm³/mol. The number of nitrogens with one attached hydrogen (secondary N) is 1. The first-order chi connectivity index (χ1) is 9.15. The molecule has 0 aliphatic carbocycles. The number of nitrogens with zero attached hydrogens (tertiary/aromatic N) is 2. The van der Waals surface area contributed by atoms with Crippen LogP contribution in [-0.2, 0) is 4.74 Å². The second-order valence-electron chi connectivity index (χ2n) is 6.58. The van der Waals surface area contributed by atoms with Gasteiger partial charge in [-0.1, -0.05) is 6.92 Å². The highest BCUT2D eigenvalue weighted by Gasteiger charge is 2.19. The fraction of sp³-hybridized carbons (Fsp3) is 0.750. The normalized spacial score (nSPS) is 15.2. The molecule has 0 aromatic carbocycles. The first kappa shape index (κ1) is 17.1. The number of rotatable bonds is 5. The van der Waals surface area contributed by atoms with E-state index in [1.165, 1.54) is 5.56 Å². The number of aryl methyl sites for hydroxylation is 2. The molecule has 0 spiro atoms. The highest BCUT2D eigenvalue weighted by molar-refractivity contribution is 5.28. The van der Waals surface area contributed by atoms with Crippen LogP contribution in [-0.4, -0.2) is 29.2 Å². The van der Waals surface area contributed by atoms with E-state index in [2.05, 4.69) is 56.8 Å². The molecule has 0 saturated heterocycles. The van der Waals surface area contributed by atoms with Crippen molar-refractivity contribution in [2.24, 2.45) is 0 Å². The summed E-state index contributed by atoms with van der Waals surface area (Å²) < 4.78 is 5.30. The van der Waals surface area contributed by atoms with Crippen molar-refractivity contribution in [2.45, 2.75) is 66.0 Å². The third kappa shape index (κ3) is 4.53. The Balaban J connectivity index is 2.96. The van der Waals surface area contributed by atoms with E-state index in [1.54, 1.807) is 7.11 Å². The van der Waals surface area contributed by atoms with Gasteiger partial charge in [0.2, 0.25) is 0 Å². The van der Waals surface area contributed by atoms with Gasteiger partial charge in [-0.2, -0.15) is 0 Å². The van der Waals surface area contributed by atoms with Crippen molar-refractivity contribution in [2.75, 3.05) is 13.7 Å². The van der Waals surface area contributed by atoms with Crippen LogP contribution in [0.4, 0.5) is 0 Å². The molecule has 114 valence electrons. The minimum atomic E-state index is -0.0653. The van der Waals surface area contributed by atoms with Crippen LogP contribution in [0.15, 0.2) is 0 Å². The molecule has 1 rings (SSSR count). The molecule has 0 bridgehead atoms. The Bertz CT molecular complexity index is 429. The molecular formula is C16H29N3O. The Morgan fingerprint density at radius 3 is 2.00 bits per heavy atom. The highest BCUT2D eigenvalue weighted by Crippen LogP contribution is 2.23. The summed E-state index contributed by atoms with van der Waals surface area (Å²) in [7, 11) is 1.68. The molecule has 1 N–H and O–H groups in total. The molecule has 0 amide bonds. The number of methoxy groups -OCH3 is 1. The summed E-state index contributed by atoms with van der Waals surface area (Å²) in [5.41, 5.74) is 3.48. The summed E-state index contributed by atoms with van der Waals surface area (Å²) in [5.74, 6) is 1.16. The number of hydrogen-bond acceptors (Lipinski definition) is 4. The topological polar surface area (TPSA) is 47.0 Å². The molecule has 1 aromatic rings. The summed E-state index contributed by atoms with van der Waals surface area (Å²) in [4.78, 5) is 9.21. The van der Waals surface area contributed by atoms with Gasteiger partial charge in [-0.3, -0.25) is 0 Å². The van der Waals surface area contributed by atoms with Gasteiger partial charge in [-0.25, -0.2) is 9.97 Å². The molecule has 1 heterocycles. The summed E-state index contributed by atoms with van der Waals surface area (Å²) in [6, 6.07) is 0. The van der Waals surface area contributed by atoms with E-state index in [0.717, 1.165) is 23.8 Å². The zero-order valence-electron chi connectivity index (χ0n) is 14.2. The van der Waals surface area contributed by atoms with Crippen molar-refractivity contribution >= 4 is 0 Å². The van der Waals surface area contributed by atoms with E-state index in [-0.39, 0.29) is 11.6 Å². The van der Waals surface area contributed by atoms with E-state index >= 15 is 0 Å². The standard InChI is InChI=1S/C16H29N3O/c1-10(9-17-16(5,6)7)14-11(2)18-15(13(4)20-8)19-12(14)3/h10,13,17H,9H2,1-8H3. The monoisotopic (exact) mass is 279 g/mol. The van der Waals surface area contributed by atoms with Crippen molar-refractivity contribution in [3.8, 4) is 0 Å². The van der Waals surface area contributed by atoms with Crippen molar-refractivity contribution in [1.29, 1.82) is 0 Å². The Morgan fingerprint density at radius 1 is 1.10 bits per heavy atom. The lowest BCUT2D eigenvalue weighted by molar-refractivity contribution is 0.111. The van der Waals surface area contributed by atoms with Crippen molar-refractivity contribution < 1.29 is 4.74 Å². The molecular weight excluding hydrogens is 250 g/mol. The Labute approximate surface area is 123 Å². The predicted octanol–water partition coefficient (Wildman–Crippen LogP) is 3.29. The van der Waals surface area contributed by atoms with E-state index in [0.29, 0.717) is 5.92 Å². The smallest absolute Gasteiger partial charge is 0.157 e. The fourth-order valence-electron chi connectivity index (χ4n) is 2.31. The van der Waals surface area contributed by atoms with Crippen LogP contribution < -0.4 is 5.32 Å². The maximum atomic E-state index is 5.30. The molecule has 0 radical (unpaired) electrons. The lowest BCUT2D eigenvalue weighted by Crippen LogP contribution is -2.38. The van der Waals surface area contributed by atoms with Crippen LogP contribution >= 0.6 is 0 Å². The van der Waals surface area contributed by atoms with Gasteiger partial charge in [0.25, 0.3) is 0 Å². The molecule has 0 saturated carbocycles. The summed E-state index contributed by atoms with van der Waals surface area (Å²) in [5, 5.41) is 3.54. The van der Waals surface area contributed by atoms with Gasteiger partial charge in [0.15, 0.2) is 5.82 Å². The average molecular weight is 279 g/mol. The number of aromatic nitrogens is 2. The van der Waals surface area contributed by atoms with Crippen LogP contribution in [0.25, 0.3) is 0 Å². The average Bonchev–Trinajstić information content (AvgIpc) is 2.33. The largest absolute Gasteiger partial charge is 0.374 e. The van der Waals surface area contributed by atoms with Gasteiger partial charge in [0, 0.05) is 30.6 Å². The highest BCUT2D eigenvalue weighted by atomic mass is 16.5. The lowest BCUT2D eigenvalue weighted by Gasteiger charge is -2.25. The molecule has 0 fully saturated rings. The minimum absolute atomic E-state index is 0.0653. The summed E-state index contributed by atoms with van der Waals surface area (Å²) in [6.07, 6.45) is -0.0653. The quantitative estimate of drug-likeness (QED) is 0.898. The van der Waals surface area contributed by atoms with Crippen LogP contribution in [0.2, 0.25) is 0 Å². The lowest BCUT2D eigenvalue weighted by atomic mass is 9.96. The van der Waals surface area contributed by atoms with Gasteiger partial charge < -0.3 is 10.1 Å². The van der Waals surface area contributed by atoms with Gasteiger partial charge in [0.05, 0.1) is 0 Å². The van der Waals surface area contributed by atoms with E-state index in [1.807, 2.05) is 6.92 Å². The number of hydrogen-bond donors (Lipinski definition) is 1. The second-order valence-corrected chi connectivity index (χ2v) is 6.58. The number of ether oxygens (including phenoxy) is 1. The van der Waals surface area contributed by atoms with Crippen molar-refractivity contribution in [3.63, 3.8) is 0 Å². The third-order valence-electron chi connectivity index (χ3n) is 3.49. The zero-order valence-corrected chi connectivity index (χ0v) is 14.2. The van der Waals surface area contributed by atoms with Crippen molar-refractivity contribution in [1.82, 2.24) is 15.3 Å². The molecule has 4 nitrogen and oxygen atoms in total. The Morgan fingerprint density at radius 2 is 1.60 bits per heavy atom.